The van der Waals surface area contributed by atoms with Crippen LogP contribution in [-0.4, -0.2) is 25.1 Å². The van der Waals surface area contributed by atoms with E-state index >= 15 is 0 Å². The summed E-state index contributed by atoms with van der Waals surface area (Å²) < 4.78 is 6.24. The van der Waals surface area contributed by atoms with Crippen molar-refractivity contribution in [2.75, 3.05) is 19.5 Å². The number of carbonyl (C=O) groups is 1. The molecule has 0 aliphatic rings. The molecule has 0 atom stereocenters. The van der Waals surface area contributed by atoms with Crippen LogP contribution in [-0.2, 0) is 6.54 Å². The number of amides is 2. The Morgan fingerprint density at radius 3 is 2.50 bits per heavy atom. The Morgan fingerprint density at radius 2 is 1.91 bits per heavy atom. The van der Waals surface area contributed by atoms with Gasteiger partial charge in [0.2, 0.25) is 0 Å². The van der Waals surface area contributed by atoms with Gasteiger partial charge in [-0.25, -0.2) is 4.79 Å². The van der Waals surface area contributed by atoms with Gasteiger partial charge in [0.15, 0.2) is 0 Å². The second-order valence-electron chi connectivity index (χ2n) is 5.10. The van der Waals surface area contributed by atoms with Gasteiger partial charge in [0.25, 0.3) is 0 Å². The van der Waals surface area contributed by atoms with Crippen LogP contribution in [0.3, 0.4) is 0 Å². The third-order valence-electron chi connectivity index (χ3n) is 3.33. The molecule has 5 heteroatoms. The van der Waals surface area contributed by atoms with Crippen LogP contribution < -0.4 is 10.1 Å². The van der Waals surface area contributed by atoms with Crippen molar-refractivity contribution >= 4 is 27.6 Å². The topological polar surface area (TPSA) is 41.6 Å². The molecule has 2 aromatic rings. The van der Waals surface area contributed by atoms with E-state index in [1.54, 1.807) is 19.1 Å². The third kappa shape index (κ3) is 4.24. The van der Waals surface area contributed by atoms with Gasteiger partial charge in [0, 0.05) is 23.8 Å². The fraction of sp³-hybridized carbons (Fsp3) is 0.235. The first-order valence-corrected chi connectivity index (χ1v) is 7.70. The molecular weight excluding hydrogens is 344 g/mol. The Hall–Kier alpha value is -2.01. The maximum absolute atomic E-state index is 12.2. The Kier molecular flexibility index (Phi) is 5.44. The normalized spacial score (nSPS) is 10.2. The van der Waals surface area contributed by atoms with E-state index in [9.17, 15) is 4.79 Å². The number of hydrogen-bond donors (Lipinski definition) is 1. The van der Waals surface area contributed by atoms with Gasteiger partial charge in [-0.05, 0) is 48.4 Å². The monoisotopic (exact) mass is 362 g/mol. The van der Waals surface area contributed by atoms with Crippen LogP contribution in [0.25, 0.3) is 0 Å². The SMILES string of the molecule is COc1ccc(NC(=O)N(C)Cc2ccc(Br)cc2)cc1C. The van der Waals surface area contributed by atoms with Crippen molar-refractivity contribution in [2.24, 2.45) is 0 Å². The molecule has 0 aliphatic carbocycles. The third-order valence-corrected chi connectivity index (χ3v) is 3.85. The van der Waals surface area contributed by atoms with Crippen LogP contribution in [0.5, 0.6) is 5.75 Å². The minimum atomic E-state index is -0.146. The standard InChI is InChI=1S/C17H19BrN2O2/c1-12-10-15(8-9-16(12)22-3)19-17(21)20(2)11-13-4-6-14(18)7-5-13/h4-10H,11H2,1-3H3,(H,19,21). The van der Waals surface area contributed by atoms with Gasteiger partial charge < -0.3 is 15.0 Å². The molecule has 2 rings (SSSR count). The molecular formula is C17H19BrN2O2. The smallest absolute Gasteiger partial charge is 0.321 e. The first-order valence-electron chi connectivity index (χ1n) is 6.91. The number of methoxy groups -OCH3 is 1. The number of carbonyl (C=O) groups excluding carboxylic acids is 1. The summed E-state index contributed by atoms with van der Waals surface area (Å²) in [6.07, 6.45) is 0. The molecule has 0 spiro atoms. The first kappa shape index (κ1) is 16.4. The number of urea groups is 1. The molecule has 0 bridgehead atoms. The average molecular weight is 363 g/mol. The van der Waals surface area contributed by atoms with Gasteiger partial charge in [0.05, 0.1) is 7.11 Å². The van der Waals surface area contributed by atoms with Crippen LogP contribution in [0, 0.1) is 6.92 Å². The molecule has 2 aromatic carbocycles. The van der Waals surface area contributed by atoms with Crippen molar-refractivity contribution < 1.29 is 9.53 Å². The van der Waals surface area contributed by atoms with Crippen molar-refractivity contribution in [3.05, 3.63) is 58.1 Å². The van der Waals surface area contributed by atoms with Gasteiger partial charge >= 0.3 is 6.03 Å². The van der Waals surface area contributed by atoms with Crippen LogP contribution in [0.1, 0.15) is 11.1 Å². The summed E-state index contributed by atoms with van der Waals surface area (Å²) >= 11 is 3.40. The molecule has 0 unspecified atom stereocenters. The zero-order valence-corrected chi connectivity index (χ0v) is 14.5. The first-order chi connectivity index (χ1) is 10.5. The summed E-state index contributed by atoms with van der Waals surface area (Å²) in [5.74, 6) is 0.807. The fourth-order valence-electron chi connectivity index (χ4n) is 2.11. The predicted octanol–water partition coefficient (Wildman–Crippen LogP) is 4.43. The Labute approximate surface area is 139 Å². The molecule has 22 heavy (non-hydrogen) atoms. The highest BCUT2D eigenvalue weighted by Crippen LogP contribution is 2.21. The van der Waals surface area contributed by atoms with E-state index in [0.29, 0.717) is 6.54 Å². The maximum atomic E-state index is 12.2. The predicted molar refractivity (Wildman–Crippen MR) is 92.4 cm³/mol. The van der Waals surface area contributed by atoms with Crippen molar-refractivity contribution in [2.45, 2.75) is 13.5 Å². The zero-order chi connectivity index (χ0) is 16.1. The van der Waals surface area contributed by atoms with E-state index in [1.807, 2.05) is 49.4 Å². The van der Waals surface area contributed by atoms with Crippen molar-refractivity contribution in [3.63, 3.8) is 0 Å². The van der Waals surface area contributed by atoms with Crippen molar-refractivity contribution in [3.8, 4) is 5.75 Å². The lowest BCUT2D eigenvalue weighted by Crippen LogP contribution is -2.30. The summed E-state index contributed by atoms with van der Waals surface area (Å²) in [6.45, 7) is 2.49. The van der Waals surface area contributed by atoms with Gasteiger partial charge in [0.1, 0.15) is 5.75 Å². The van der Waals surface area contributed by atoms with Crippen LogP contribution in [0.15, 0.2) is 46.9 Å². The number of hydrogen-bond acceptors (Lipinski definition) is 2. The quantitative estimate of drug-likeness (QED) is 0.873. The summed E-state index contributed by atoms with van der Waals surface area (Å²) in [5, 5.41) is 2.89. The molecule has 0 heterocycles. The van der Waals surface area contributed by atoms with Gasteiger partial charge in [-0.2, -0.15) is 0 Å². The zero-order valence-electron chi connectivity index (χ0n) is 12.9. The largest absolute Gasteiger partial charge is 0.496 e. The number of ether oxygens (including phenoxy) is 1. The molecule has 4 nitrogen and oxygen atoms in total. The number of anilines is 1. The maximum Gasteiger partial charge on any atom is 0.321 e. The molecule has 0 saturated heterocycles. The molecule has 0 radical (unpaired) electrons. The number of halogens is 1. The summed E-state index contributed by atoms with van der Waals surface area (Å²) in [5.41, 5.74) is 2.81. The highest BCUT2D eigenvalue weighted by atomic mass is 79.9. The lowest BCUT2D eigenvalue weighted by molar-refractivity contribution is 0.220. The van der Waals surface area contributed by atoms with Crippen LogP contribution >= 0.6 is 15.9 Å². The summed E-state index contributed by atoms with van der Waals surface area (Å²) in [6, 6.07) is 13.3. The molecule has 0 aliphatic heterocycles. The lowest BCUT2D eigenvalue weighted by atomic mass is 10.2. The number of benzene rings is 2. The highest BCUT2D eigenvalue weighted by Gasteiger charge is 2.10. The van der Waals surface area contributed by atoms with E-state index in [2.05, 4.69) is 21.2 Å². The average Bonchev–Trinajstić information content (AvgIpc) is 2.49. The van der Waals surface area contributed by atoms with E-state index in [1.165, 1.54) is 0 Å². The van der Waals surface area contributed by atoms with E-state index in [-0.39, 0.29) is 6.03 Å². The molecule has 1 N–H and O–H groups in total. The van der Waals surface area contributed by atoms with Crippen LogP contribution in [0.2, 0.25) is 0 Å². The molecule has 2 amide bonds. The molecule has 0 saturated carbocycles. The van der Waals surface area contributed by atoms with Crippen molar-refractivity contribution in [1.29, 1.82) is 0 Å². The molecule has 0 fully saturated rings. The van der Waals surface area contributed by atoms with E-state index in [0.717, 1.165) is 27.0 Å². The van der Waals surface area contributed by atoms with E-state index < -0.39 is 0 Å². The second-order valence-corrected chi connectivity index (χ2v) is 6.01. The molecule has 116 valence electrons. The van der Waals surface area contributed by atoms with Crippen molar-refractivity contribution in [1.82, 2.24) is 4.90 Å². The molecule has 0 aromatic heterocycles. The summed E-state index contributed by atoms with van der Waals surface area (Å²) in [7, 11) is 3.40. The lowest BCUT2D eigenvalue weighted by Gasteiger charge is -2.18. The Bertz CT molecular complexity index is 656. The number of nitrogens with one attached hydrogen (secondary N) is 1. The van der Waals surface area contributed by atoms with Gasteiger partial charge in [-0.1, -0.05) is 28.1 Å². The number of nitrogens with zero attached hydrogens (tertiary/aromatic N) is 1. The number of rotatable bonds is 4. The fourth-order valence-corrected chi connectivity index (χ4v) is 2.37. The Morgan fingerprint density at radius 1 is 1.23 bits per heavy atom. The second kappa shape index (κ2) is 7.31. The number of aryl methyl sites for hydroxylation is 1. The summed E-state index contributed by atoms with van der Waals surface area (Å²) in [4.78, 5) is 13.9. The minimum Gasteiger partial charge on any atom is -0.496 e. The highest BCUT2D eigenvalue weighted by molar-refractivity contribution is 9.10. The van der Waals surface area contributed by atoms with Gasteiger partial charge in [-0.15, -0.1) is 0 Å². The Balaban J connectivity index is 1.99. The van der Waals surface area contributed by atoms with Gasteiger partial charge in [-0.3, -0.25) is 0 Å². The van der Waals surface area contributed by atoms with E-state index in [4.69, 9.17) is 4.74 Å². The minimum absolute atomic E-state index is 0.146. The van der Waals surface area contributed by atoms with Crippen LogP contribution in [0.4, 0.5) is 10.5 Å².